The van der Waals surface area contributed by atoms with Gasteiger partial charge in [-0.15, -0.1) is 0 Å². The molecule has 3 amide bonds. The lowest BCUT2D eigenvalue weighted by molar-refractivity contribution is -0.127. The molecule has 0 spiro atoms. The van der Waals surface area contributed by atoms with Crippen molar-refractivity contribution in [3.63, 3.8) is 0 Å². The van der Waals surface area contributed by atoms with E-state index >= 15 is 0 Å². The summed E-state index contributed by atoms with van der Waals surface area (Å²) in [5, 5.41) is 5.56. The lowest BCUT2D eigenvalue weighted by atomic mass is 9.72. The van der Waals surface area contributed by atoms with Crippen LogP contribution in [0.4, 0.5) is 10.1 Å². The minimum absolute atomic E-state index is 0.0507. The lowest BCUT2D eigenvalue weighted by Gasteiger charge is -2.40. The summed E-state index contributed by atoms with van der Waals surface area (Å²) in [5.74, 6) is -2.27. The standard InChI is InChI=1S/C34H40FN5O4/c1-23(2)19-30(39-31(42)24-9-8-17-37-21-24)32(43)38-27(22-41)20-34(36,25-10-4-3-5-11-25)29-12-6-7-18-40(33(29)44)28-15-13-26(35)14-16-28/h3-5,8-11,13-17,21-23,27,29-30H,6-7,12,18-20,36H2,1-2H3,(H,38,43)(H,39,42)/t27?,29?,30-,34-/m0/s1. The Balaban J connectivity index is 1.61. The van der Waals surface area contributed by atoms with Crippen molar-refractivity contribution in [1.82, 2.24) is 15.6 Å². The van der Waals surface area contributed by atoms with E-state index in [9.17, 15) is 23.6 Å². The maximum atomic E-state index is 14.2. The van der Waals surface area contributed by atoms with E-state index < -0.39 is 41.2 Å². The first-order valence-electron chi connectivity index (χ1n) is 15.0. The molecule has 9 nitrogen and oxygen atoms in total. The number of aldehydes is 1. The number of carbonyl (C=O) groups is 4. The molecule has 2 unspecified atom stereocenters. The van der Waals surface area contributed by atoms with Crippen LogP contribution in [-0.2, 0) is 19.9 Å². The van der Waals surface area contributed by atoms with E-state index in [1.165, 1.54) is 18.3 Å². The molecule has 0 saturated carbocycles. The maximum absolute atomic E-state index is 14.2. The third-order valence-electron chi connectivity index (χ3n) is 8.06. The topological polar surface area (TPSA) is 134 Å². The second-order valence-electron chi connectivity index (χ2n) is 11.8. The molecule has 1 aliphatic heterocycles. The molecular formula is C34H40FN5O4. The fourth-order valence-electron chi connectivity index (χ4n) is 5.83. The second-order valence-corrected chi connectivity index (χ2v) is 11.8. The number of hydrogen-bond acceptors (Lipinski definition) is 6. The predicted molar refractivity (Wildman–Crippen MR) is 166 cm³/mol. The second kappa shape index (κ2) is 14.8. The SMILES string of the molecule is CC(C)C[C@H](NC(=O)c1cccnc1)C(=O)NC(C=O)C[C@](N)(c1ccccc1)C1CCCCN(c2ccc(F)cc2)C1=O. The Hall–Kier alpha value is -4.44. The van der Waals surface area contributed by atoms with Gasteiger partial charge in [-0.25, -0.2) is 4.39 Å². The smallest absolute Gasteiger partial charge is 0.253 e. The summed E-state index contributed by atoms with van der Waals surface area (Å²) in [6.07, 6.45) is 5.79. The van der Waals surface area contributed by atoms with Gasteiger partial charge in [0.2, 0.25) is 11.8 Å². The monoisotopic (exact) mass is 601 g/mol. The van der Waals surface area contributed by atoms with Crippen LogP contribution in [0.2, 0.25) is 0 Å². The molecule has 0 bridgehead atoms. The highest BCUT2D eigenvalue weighted by Crippen LogP contribution is 2.38. The number of aromatic nitrogens is 1. The Morgan fingerprint density at radius 1 is 1.07 bits per heavy atom. The number of benzene rings is 2. The average Bonchev–Trinajstić information content (AvgIpc) is 3.23. The third kappa shape index (κ3) is 7.93. The molecule has 4 atom stereocenters. The molecule has 4 N–H and O–H groups in total. The Morgan fingerprint density at radius 3 is 2.43 bits per heavy atom. The van der Waals surface area contributed by atoms with Gasteiger partial charge >= 0.3 is 0 Å². The predicted octanol–water partition coefficient (Wildman–Crippen LogP) is 4.13. The minimum atomic E-state index is -1.33. The van der Waals surface area contributed by atoms with Gasteiger partial charge in [0.15, 0.2) is 0 Å². The average molecular weight is 602 g/mol. The number of nitrogens with zero attached hydrogens (tertiary/aromatic N) is 2. The van der Waals surface area contributed by atoms with Gasteiger partial charge in [0, 0.05) is 24.6 Å². The molecule has 232 valence electrons. The Morgan fingerprint density at radius 2 is 1.80 bits per heavy atom. The van der Waals surface area contributed by atoms with E-state index in [-0.39, 0.29) is 18.2 Å². The summed E-state index contributed by atoms with van der Waals surface area (Å²) in [6.45, 7) is 4.31. The quantitative estimate of drug-likeness (QED) is 0.267. The molecule has 0 radical (unpaired) electrons. The highest BCUT2D eigenvalue weighted by Gasteiger charge is 2.45. The number of nitrogens with one attached hydrogen (secondary N) is 2. The van der Waals surface area contributed by atoms with Crippen LogP contribution in [0.5, 0.6) is 0 Å². The van der Waals surface area contributed by atoms with Crippen LogP contribution < -0.4 is 21.3 Å². The summed E-state index contributed by atoms with van der Waals surface area (Å²) in [5.41, 5.74) is 7.40. The van der Waals surface area contributed by atoms with Crippen LogP contribution in [0.1, 0.15) is 61.9 Å². The van der Waals surface area contributed by atoms with Crippen LogP contribution in [0.25, 0.3) is 0 Å². The van der Waals surface area contributed by atoms with Gasteiger partial charge in [-0.1, -0.05) is 50.6 Å². The zero-order chi connectivity index (χ0) is 31.7. The van der Waals surface area contributed by atoms with Crippen LogP contribution in [-0.4, -0.2) is 47.6 Å². The van der Waals surface area contributed by atoms with E-state index in [1.807, 2.05) is 44.2 Å². The van der Waals surface area contributed by atoms with E-state index in [2.05, 4.69) is 15.6 Å². The number of carbonyl (C=O) groups excluding carboxylic acids is 4. The summed E-state index contributed by atoms with van der Waals surface area (Å²) in [6, 6.07) is 16.1. The molecule has 1 fully saturated rings. The first-order valence-corrected chi connectivity index (χ1v) is 15.0. The first kappa shape index (κ1) is 32.5. The van der Waals surface area contributed by atoms with E-state index in [1.54, 1.807) is 35.4 Å². The van der Waals surface area contributed by atoms with Crippen molar-refractivity contribution < 1.29 is 23.6 Å². The van der Waals surface area contributed by atoms with Crippen LogP contribution in [0.3, 0.4) is 0 Å². The molecule has 1 saturated heterocycles. The Labute approximate surface area is 257 Å². The van der Waals surface area contributed by atoms with Gasteiger partial charge in [0.1, 0.15) is 18.1 Å². The van der Waals surface area contributed by atoms with Crippen LogP contribution in [0.15, 0.2) is 79.1 Å². The van der Waals surface area contributed by atoms with Gasteiger partial charge in [-0.3, -0.25) is 19.4 Å². The van der Waals surface area contributed by atoms with Gasteiger partial charge in [-0.05, 0) is 73.6 Å². The summed E-state index contributed by atoms with van der Waals surface area (Å²) < 4.78 is 13.7. The van der Waals surface area contributed by atoms with Gasteiger partial charge in [0.25, 0.3) is 5.91 Å². The number of nitrogens with two attached hydrogens (primary N) is 1. The number of amides is 3. The maximum Gasteiger partial charge on any atom is 0.253 e. The van der Waals surface area contributed by atoms with Crippen molar-refractivity contribution >= 4 is 29.7 Å². The molecule has 1 aliphatic rings. The van der Waals surface area contributed by atoms with Crippen molar-refractivity contribution in [2.75, 3.05) is 11.4 Å². The zero-order valence-corrected chi connectivity index (χ0v) is 25.1. The summed E-state index contributed by atoms with van der Waals surface area (Å²) in [4.78, 5) is 58.7. The van der Waals surface area contributed by atoms with Gasteiger partial charge < -0.3 is 26.1 Å². The number of hydrogen-bond donors (Lipinski definition) is 3. The molecule has 2 heterocycles. The molecule has 1 aromatic heterocycles. The van der Waals surface area contributed by atoms with E-state index in [0.29, 0.717) is 42.5 Å². The molecule has 2 aromatic carbocycles. The van der Waals surface area contributed by atoms with Crippen molar-refractivity contribution in [3.8, 4) is 0 Å². The van der Waals surface area contributed by atoms with Gasteiger partial charge in [-0.2, -0.15) is 0 Å². The van der Waals surface area contributed by atoms with Gasteiger partial charge in [0.05, 0.1) is 23.1 Å². The summed E-state index contributed by atoms with van der Waals surface area (Å²) >= 11 is 0. The highest BCUT2D eigenvalue weighted by atomic mass is 19.1. The molecule has 3 aromatic rings. The van der Waals surface area contributed by atoms with Crippen LogP contribution >= 0.6 is 0 Å². The van der Waals surface area contributed by atoms with Crippen LogP contribution in [0, 0.1) is 17.7 Å². The van der Waals surface area contributed by atoms with Crippen molar-refractivity contribution in [2.45, 2.75) is 63.6 Å². The van der Waals surface area contributed by atoms with Crippen molar-refractivity contribution in [3.05, 3.63) is 96.1 Å². The fraction of sp³-hybridized carbons (Fsp3) is 0.382. The number of rotatable bonds is 12. The zero-order valence-electron chi connectivity index (χ0n) is 25.1. The van der Waals surface area contributed by atoms with E-state index in [0.717, 1.165) is 12.8 Å². The highest BCUT2D eigenvalue weighted by molar-refractivity contribution is 5.98. The minimum Gasteiger partial charge on any atom is -0.345 e. The number of pyridine rings is 1. The normalized spacial score (nSPS) is 18.1. The number of halogens is 1. The first-order chi connectivity index (χ1) is 21.1. The fourth-order valence-corrected chi connectivity index (χ4v) is 5.83. The molecule has 4 rings (SSSR count). The molecule has 10 heteroatoms. The largest absolute Gasteiger partial charge is 0.345 e. The van der Waals surface area contributed by atoms with Crippen molar-refractivity contribution in [1.29, 1.82) is 0 Å². The van der Waals surface area contributed by atoms with E-state index in [4.69, 9.17) is 5.73 Å². The number of anilines is 1. The Bertz CT molecular complexity index is 1420. The molecular weight excluding hydrogens is 561 g/mol. The molecule has 44 heavy (non-hydrogen) atoms. The Kier molecular flexibility index (Phi) is 10.9. The molecule has 0 aliphatic carbocycles. The third-order valence-corrected chi connectivity index (χ3v) is 8.06. The summed E-state index contributed by atoms with van der Waals surface area (Å²) in [7, 11) is 0. The lowest BCUT2D eigenvalue weighted by Crippen LogP contribution is -2.57. The van der Waals surface area contributed by atoms with Crippen molar-refractivity contribution in [2.24, 2.45) is 17.6 Å².